The molecule has 2 aromatic rings. The highest BCUT2D eigenvalue weighted by molar-refractivity contribution is 5.59. The quantitative estimate of drug-likeness (QED) is 0.792. The predicted octanol–water partition coefficient (Wildman–Crippen LogP) is 4.06. The zero-order valence-corrected chi connectivity index (χ0v) is 15.2. The Hall–Kier alpha value is -2.37. The number of nitrogens with one attached hydrogen (secondary N) is 2. The Morgan fingerprint density at radius 2 is 1.84 bits per heavy atom. The van der Waals surface area contributed by atoms with Crippen molar-refractivity contribution in [1.82, 2.24) is 15.2 Å². The predicted molar refractivity (Wildman–Crippen MR) is 104 cm³/mol. The molecule has 0 bridgehead atoms. The molecule has 1 aliphatic heterocycles. The van der Waals surface area contributed by atoms with Crippen LogP contribution < -0.4 is 15.5 Å². The van der Waals surface area contributed by atoms with Gasteiger partial charge >= 0.3 is 0 Å². The molecule has 0 amide bonds. The van der Waals surface area contributed by atoms with Crippen molar-refractivity contribution in [3.05, 3.63) is 30.5 Å². The molecule has 1 aliphatic rings. The maximum atomic E-state index is 4.47. The van der Waals surface area contributed by atoms with Gasteiger partial charge in [0.1, 0.15) is 0 Å². The smallest absolute Gasteiger partial charge is 0.249 e. The van der Waals surface area contributed by atoms with Gasteiger partial charge in [0.25, 0.3) is 0 Å². The largest absolute Gasteiger partial charge is 0.372 e. The summed E-state index contributed by atoms with van der Waals surface area (Å²) < 4.78 is 0. The molecular formula is C19H28N6. The lowest BCUT2D eigenvalue weighted by Gasteiger charge is -2.28. The van der Waals surface area contributed by atoms with E-state index in [0.717, 1.165) is 37.6 Å². The number of nitrogens with zero attached hydrogens (tertiary/aromatic N) is 4. The molecule has 25 heavy (non-hydrogen) atoms. The molecule has 0 atom stereocenters. The molecule has 1 saturated heterocycles. The number of piperidine rings is 1. The van der Waals surface area contributed by atoms with E-state index in [4.69, 9.17) is 0 Å². The average Bonchev–Trinajstić information content (AvgIpc) is 2.63. The van der Waals surface area contributed by atoms with Crippen LogP contribution in [0.3, 0.4) is 0 Å². The van der Waals surface area contributed by atoms with Gasteiger partial charge in [-0.15, -0.1) is 5.10 Å². The molecule has 1 aromatic heterocycles. The summed E-state index contributed by atoms with van der Waals surface area (Å²) in [6, 6.07) is 8.47. The minimum Gasteiger partial charge on any atom is -0.372 e. The van der Waals surface area contributed by atoms with Crippen LogP contribution in [0, 0.1) is 5.92 Å². The van der Waals surface area contributed by atoms with Gasteiger partial charge in [0.15, 0.2) is 5.82 Å². The minimum absolute atomic E-state index is 0.514. The van der Waals surface area contributed by atoms with Crippen LogP contribution in [0.15, 0.2) is 30.5 Å². The first-order valence-electron chi connectivity index (χ1n) is 9.26. The Labute approximate surface area is 150 Å². The van der Waals surface area contributed by atoms with Gasteiger partial charge in [0.2, 0.25) is 5.95 Å². The molecule has 0 radical (unpaired) electrons. The van der Waals surface area contributed by atoms with E-state index in [9.17, 15) is 0 Å². The van der Waals surface area contributed by atoms with Gasteiger partial charge in [0, 0.05) is 31.0 Å². The third-order valence-corrected chi connectivity index (χ3v) is 4.43. The van der Waals surface area contributed by atoms with Crippen LogP contribution in [-0.4, -0.2) is 34.8 Å². The first-order chi connectivity index (χ1) is 12.2. The second kappa shape index (κ2) is 8.65. The number of benzene rings is 1. The third kappa shape index (κ3) is 5.31. The zero-order valence-electron chi connectivity index (χ0n) is 15.2. The Kier molecular flexibility index (Phi) is 6.04. The van der Waals surface area contributed by atoms with Crippen molar-refractivity contribution in [3.63, 3.8) is 0 Å². The van der Waals surface area contributed by atoms with Crippen LogP contribution in [0.25, 0.3) is 0 Å². The summed E-state index contributed by atoms with van der Waals surface area (Å²) in [7, 11) is 0. The summed E-state index contributed by atoms with van der Waals surface area (Å²) in [5.74, 6) is 1.93. The van der Waals surface area contributed by atoms with E-state index in [1.54, 1.807) is 6.20 Å². The number of rotatable bonds is 7. The van der Waals surface area contributed by atoms with Gasteiger partial charge in [-0.3, -0.25) is 0 Å². The fourth-order valence-electron chi connectivity index (χ4n) is 2.97. The molecular weight excluding hydrogens is 312 g/mol. The summed E-state index contributed by atoms with van der Waals surface area (Å²) in [6.45, 7) is 7.62. The molecule has 6 nitrogen and oxygen atoms in total. The molecule has 6 heteroatoms. The normalized spacial score (nSPS) is 14.6. The van der Waals surface area contributed by atoms with Crippen molar-refractivity contribution in [2.45, 2.75) is 39.5 Å². The van der Waals surface area contributed by atoms with Gasteiger partial charge in [-0.2, -0.15) is 10.1 Å². The summed E-state index contributed by atoms with van der Waals surface area (Å²) in [6.07, 6.45) is 6.68. The van der Waals surface area contributed by atoms with Crippen LogP contribution in [-0.2, 0) is 0 Å². The van der Waals surface area contributed by atoms with Gasteiger partial charge in [-0.25, -0.2) is 0 Å². The van der Waals surface area contributed by atoms with Gasteiger partial charge in [-0.1, -0.05) is 13.8 Å². The van der Waals surface area contributed by atoms with E-state index in [2.05, 4.69) is 68.8 Å². The lowest BCUT2D eigenvalue weighted by Crippen LogP contribution is -2.29. The van der Waals surface area contributed by atoms with Crippen LogP contribution >= 0.6 is 0 Å². The third-order valence-electron chi connectivity index (χ3n) is 4.43. The second-order valence-electron chi connectivity index (χ2n) is 6.99. The second-order valence-corrected chi connectivity index (χ2v) is 6.99. The number of hydrogen-bond acceptors (Lipinski definition) is 6. The van der Waals surface area contributed by atoms with Crippen molar-refractivity contribution in [1.29, 1.82) is 0 Å². The van der Waals surface area contributed by atoms with Gasteiger partial charge in [0.05, 0.1) is 6.20 Å². The fourth-order valence-corrected chi connectivity index (χ4v) is 2.97. The lowest BCUT2D eigenvalue weighted by molar-refractivity contribution is 0.578. The number of anilines is 4. The number of hydrogen-bond donors (Lipinski definition) is 2. The maximum Gasteiger partial charge on any atom is 0.249 e. The summed E-state index contributed by atoms with van der Waals surface area (Å²) in [5, 5.41) is 14.6. The Bertz CT molecular complexity index is 649. The highest BCUT2D eigenvalue weighted by Crippen LogP contribution is 2.23. The SMILES string of the molecule is CC(C)CCNc1cnnc(Nc2ccc(N3CCCCC3)cc2)n1. The Balaban J connectivity index is 1.58. The van der Waals surface area contributed by atoms with Crippen molar-refractivity contribution >= 4 is 23.1 Å². The van der Waals surface area contributed by atoms with E-state index in [1.165, 1.54) is 24.9 Å². The Morgan fingerprint density at radius 1 is 1.08 bits per heavy atom. The zero-order chi connectivity index (χ0) is 17.5. The fraction of sp³-hybridized carbons (Fsp3) is 0.526. The van der Waals surface area contributed by atoms with Crippen molar-refractivity contribution in [2.75, 3.05) is 35.2 Å². The maximum absolute atomic E-state index is 4.47. The van der Waals surface area contributed by atoms with Crippen molar-refractivity contribution in [3.8, 4) is 0 Å². The van der Waals surface area contributed by atoms with E-state index >= 15 is 0 Å². The summed E-state index contributed by atoms with van der Waals surface area (Å²) in [4.78, 5) is 6.92. The topological polar surface area (TPSA) is 66.0 Å². The molecule has 3 rings (SSSR count). The summed E-state index contributed by atoms with van der Waals surface area (Å²) >= 11 is 0. The molecule has 1 fully saturated rings. The molecule has 0 aliphatic carbocycles. The average molecular weight is 340 g/mol. The van der Waals surface area contributed by atoms with Crippen LogP contribution in [0.4, 0.5) is 23.1 Å². The molecule has 1 aromatic carbocycles. The first kappa shape index (κ1) is 17.5. The van der Waals surface area contributed by atoms with E-state index in [1.807, 2.05) is 0 Å². The van der Waals surface area contributed by atoms with Gasteiger partial charge < -0.3 is 15.5 Å². The van der Waals surface area contributed by atoms with E-state index in [-0.39, 0.29) is 0 Å². The Morgan fingerprint density at radius 3 is 2.56 bits per heavy atom. The minimum atomic E-state index is 0.514. The molecule has 0 spiro atoms. The first-order valence-corrected chi connectivity index (χ1v) is 9.26. The van der Waals surface area contributed by atoms with Crippen molar-refractivity contribution < 1.29 is 0 Å². The molecule has 2 N–H and O–H groups in total. The monoisotopic (exact) mass is 340 g/mol. The lowest BCUT2D eigenvalue weighted by atomic mass is 10.1. The standard InChI is InChI=1S/C19H28N6/c1-15(2)10-11-20-18-14-21-24-19(23-18)22-16-6-8-17(9-7-16)25-12-4-3-5-13-25/h6-9,14-15H,3-5,10-13H2,1-2H3,(H2,20,22,23,24). The van der Waals surface area contributed by atoms with Crippen LogP contribution in [0.2, 0.25) is 0 Å². The van der Waals surface area contributed by atoms with Crippen molar-refractivity contribution in [2.24, 2.45) is 5.92 Å². The van der Waals surface area contributed by atoms with E-state index < -0.39 is 0 Å². The van der Waals surface area contributed by atoms with E-state index in [0.29, 0.717) is 11.9 Å². The molecule has 0 unspecified atom stereocenters. The van der Waals surface area contributed by atoms with Gasteiger partial charge in [-0.05, 0) is 55.9 Å². The summed E-state index contributed by atoms with van der Waals surface area (Å²) in [5.41, 5.74) is 2.26. The van der Waals surface area contributed by atoms with Crippen LogP contribution in [0.1, 0.15) is 39.5 Å². The highest BCUT2D eigenvalue weighted by atomic mass is 15.3. The number of aromatic nitrogens is 3. The highest BCUT2D eigenvalue weighted by Gasteiger charge is 2.10. The molecule has 134 valence electrons. The molecule has 2 heterocycles. The van der Waals surface area contributed by atoms with Crippen LogP contribution in [0.5, 0.6) is 0 Å². The molecule has 0 saturated carbocycles.